The third-order valence-corrected chi connectivity index (χ3v) is 3.43. The van der Waals surface area contributed by atoms with E-state index < -0.39 is 17.9 Å². The van der Waals surface area contributed by atoms with Crippen molar-refractivity contribution in [1.29, 1.82) is 0 Å². The van der Waals surface area contributed by atoms with Gasteiger partial charge in [-0.2, -0.15) is 0 Å². The van der Waals surface area contributed by atoms with Crippen LogP contribution in [-0.2, 0) is 14.3 Å². The van der Waals surface area contributed by atoms with Crippen molar-refractivity contribution in [3.05, 3.63) is 29.0 Å². The molecule has 22 heavy (non-hydrogen) atoms. The van der Waals surface area contributed by atoms with E-state index in [1.54, 1.807) is 0 Å². The van der Waals surface area contributed by atoms with Gasteiger partial charge in [0.15, 0.2) is 6.61 Å². The Morgan fingerprint density at radius 2 is 2.27 bits per heavy atom. The molecule has 8 heteroatoms. The largest absolute Gasteiger partial charge is 0.482 e. The van der Waals surface area contributed by atoms with Gasteiger partial charge in [-0.3, -0.25) is 9.59 Å². The Morgan fingerprint density at radius 3 is 2.95 bits per heavy atom. The summed E-state index contributed by atoms with van der Waals surface area (Å²) in [5.74, 6) is -1.56. The quantitative estimate of drug-likeness (QED) is 0.886. The van der Waals surface area contributed by atoms with E-state index in [4.69, 9.17) is 26.2 Å². The first-order valence-corrected chi connectivity index (χ1v) is 7.02. The molecule has 1 unspecified atom stereocenters. The van der Waals surface area contributed by atoms with Gasteiger partial charge in [0, 0.05) is 13.1 Å². The number of hydrogen-bond acceptors (Lipinski definition) is 4. The Bertz CT molecular complexity index is 568. The molecule has 0 spiro atoms. The summed E-state index contributed by atoms with van der Waals surface area (Å²) >= 11 is 5.80. The molecular weight excluding hydrogens is 317 g/mol. The smallest absolute Gasteiger partial charge is 0.306 e. The maximum absolute atomic E-state index is 12.9. The average molecular weight is 332 g/mol. The second-order valence-electron chi connectivity index (χ2n) is 4.79. The number of carboxylic acid groups (broad SMARTS) is 1. The molecule has 1 heterocycles. The van der Waals surface area contributed by atoms with E-state index in [1.165, 1.54) is 17.0 Å². The van der Waals surface area contributed by atoms with Gasteiger partial charge < -0.3 is 19.5 Å². The molecule has 0 bridgehead atoms. The molecule has 2 rings (SSSR count). The minimum Gasteiger partial charge on any atom is -0.482 e. The lowest BCUT2D eigenvalue weighted by atomic mass is 10.2. The van der Waals surface area contributed by atoms with Gasteiger partial charge in [0.25, 0.3) is 5.91 Å². The fourth-order valence-corrected chi connectivity index (χ4v) is 2.31. The molecule has 1 N–H and O–H groups in total. The van der Waals surface area contributed by atoms with Gasteiger partial charge in [0.05, 0.1) is 24.2 Å². The van der Waals surface area contributed by atoms with Crippen LogP contribution in [0.4, 0.5) is 4.39 Å². The second kappa shape index (κ2) is 7.42. The number of aliphatic carboxylic acids is 1. The number of rotatable bonds is 5. The molecule has 1 atom stereocenters. The van der Waals surface area contributed by atoms with Crippen LogP contribution in [0.1, 0.15) is 6.42 Å². The van der Waals surface area contributed by atoms with E-state index in [9.17, 15) is 14.0 Å². The van der Waals surface area contributed by atoms with Crippen LogP contribution in [0.3, 0.4) is 0 Å². The summed E-state index contributed by atoms with van der Waals surface area (Å²) in [6.45, 7) is 0.591. The Balaban J connectivity index is 1.87. The summed E-state index contributed by atoms with van der Waals surface area (Å²) in [6, 6.07) is 3.62. The van der Waals surface area contributed by atoms with Crippen LogP contribution < -0.4 is 4.74 Å². The fraction of sp³-hybridized carbons (Fsp3) is 0.429. The molecule has 6 nitrogen and oxygen atoms in total. The van der Waals surface area contributed by atoms with Gasteiger partial charge in [-0.1, -0.05) is 11.6 Å². The first-order valence-electron chi connectivity index (χ1n) is 6.64. The molecule has 1 fully saturated rings. The second-order valence-corrected chi connectivity index (χ2v) is 5.20. The molecule has 120 valence electrons. The minimum absolute atomic E-state index is 0.0820. The lowest BCUT2D eigenvalue weighted by Gasteiger charge is -2.32. The summed E-state index contributed by atoms with van der Waals surface area (Å²) in [5, 5.41) is 8.82. The molecule has 0 aromatic heterocycles. The number of carbonyl (C=O) groups is 2. The molecule has 0 aliphatic carbocycles. The Hall–Kier alpha value is -1.86. The van der Waals surface area contributed by atoms with E-state index in [0.717, 1.165) is 6.07 Å². The minimum atomic E-state index is -0.978. The van der Waals surface area contributed by atoms with Crippen LogP contribution in [0, 0.1) is 5.82 Å². The summed E-state index contributed by atoms with van der Waals surface area (Å²) in [5.41, 5.74) is 0. The van der Waals surface area contributed by atoms with Crippen molar-refractivity contribution in [2.75, 3.05) is 26.3 Å². The fourth-order valence-electron chi connectivity index (χ4n) is 2.09. The summed E-state index contributed by atoms with van der Waals surface area (Å²) in [7, 11) is 0. The average Bonchev–Trinajstić information content (AvgIpc) is 2.45. The molecule has 1 amide bonds. The number of amides is 1. The Kier molecular flexibility index (Phi) is 5.57. The van der Waals surface area contributed by atoms with Crippen molar-refractivity contribution in [3.63, 3.8) is 0 Å². The highest BCUT2D eigenvalue weighted by molar-refractivity contribution is 6.32. The summed E-state index contributed by atoms with van der Waals surface area (Å²) in [6.07, 6.45) is -0.682. The van der Waals surface area contributed by atoms with E-state index in [2.05, 4.69) is 0 Å². The van der Waals surface area contributed by atoms with Crippen LogP contribution in [0.5, 0.6) is 5.75 Å². The van der Waals surface area contributed by atoms with Gasteiger partial charge in [-0.15, -0.1) is 0 Å². The molecular formula is C14H15ClFNO5. The first kappa shape index (κ1) is 16.5. The first-order chi connectivity index (χ1) is 10.5. The zero-order valence-corrected chi connectivity index (χ0v) is 12.4. The number of hydrogen-bond donors (Lipinski definition) is 1. The van der Waals surface area contributed by atoms with E-state index in [1.807, 2.05) is 0 Å². The molecule has 1 saturated heterocycles. The molecule has 1 aromatic rings. The SMILES string of the molecule is O=C(O)CC1CN(C(=O)COc2ccc(F)cc2Cl)CCO1. The van der Waals surface area contributed by atoms with Crippen LogP contribution in [-0.4, -0.2) is 54.3 Å². The van der Waals surface area contributed by atoms with Crippen molar-refractivity contribution in [2.24, 2.45) is 0 Å². The van der Waals surface area contributed by atoms with Crippen molar-refractivity contribution in [2.45, 2.75) is 12.5 Å². The number of ether oxygens (including phenoxy) is 2. The highest BCUT2D eigenvalue weighted by atomic mass is 35.5. The Labute approximate surface area is 131 Å². The van der Waals surface area contributed by atoms with Gasteiger partial charge >= 0.3 is 5.97 Å². The van der Waals surface area contributed by atoms with Crippen molar-refractivity contribution in [1.82, 2.24) is 4.90 Å². The maximum Gasteiger partial charge on any atom is 0.306 e. The molecule has 0 saturated carbocycles. The molecule has 0 radical (unpaired) electrons. The van der Waals surface area contributed by atoms with Gasteiger partial charge in [-0.25, -0.2) is 4.39 Å². The predicted molar refractivity (Wildman–Crippen MR) is 75.5 cm³/mol. The highest BCUT2D eigenvalue weighted by Gasteiger charge is 2.26. The Morgan fingerprint density at radius 1 is 1.50 bits per heavy atom. The number of halogens is 2. The molecule has 1 aromatic carbocycles. The monoisotopic (exact) mass is 331 g/mol. The number of morpholine rings is 1. The van der Waals surface area contributed by atoms with Gasteiger partial charge in [0.2, 0.25) is 0 Å². The molecule has 1 aliphatic heterocycles. The van der Waals surface area contributed by atoms with E-state index in [-0.39, 0.29) is 42.9 Å². The van der Waals surface area contributed by atoms with Crippen molar-refractivity contribution < 1.29 is 28.6 Å². The summed E-state index contributed by atoms with van der Waals surface area (Å²) < 4.78 is 23.5. The zero-order valence-electron chi connectivity index (χ0n) is 11.6. The van der Waals surface area contributed by atoms with Crippen LogP contribution in [0.15, 0.2) is 18.2 Å². The number of carboxylic acids is 1. The highest BCUT2D eigenvalue weighted by Crippen LogP contribution is 2.24. The normalized spacial score (nSPS) is 18.1. The number of nitrogens with zero attached hydrogens (tertiary/aromatic N) is 1. The topological polar surface area (TPSA) is 76.1 Å². The standard InChI is InChI=1S/C14H15ClFNO5/c15-11-5-9(16)1-2-12(11)22-8-13(18)17-3-4-21-10(7-17)6-14(19)20/h1-2,5,10H,3-4,6-8H2,(H,19,20). The maximum atomic E-state index is 12.9. The van der Waals surface area contributed by atoms with Crippen LogP contribution in [0.25, 0.3) is 0 Å². The number of benzene rings is 1. The zero-order chi connectivity index (χ0) is 16.1. The van der Waals surface area contributed by atoms with Gasteiger partial charge in [-0.05, 0) is 18.2 Å². The third-order valence-electron chi connectivity index (χ3n) is 3.14. The lowest BCUT2D eigenvalue weighted by molar-refractivity contribution is -0.148. The van der Waals surface area contributed by atoms with Crippen molar-refractivity contribution in [3.8, 4) is 5.75 Å². The molecule has 1 aliphatic rings. The summed E-state index contributed by atoms with van der Waals surface area (Å²) in [4.78, 5) is 24.2. The third kappa shape index (κ3) is 4.57. The van der Waals surface area contributed by atoms with E-state index >= 15 is 0 Å². The van der Waals surface area contributed by atoms with Crippen LogP contribution >= 0.6 is 11.6 Å². The van der Waals surface area contributed by atoms with E-state index in [0.29, 0.717) is 6.54 Å². The van der Waals surface area contributed by atoms with Crippen LogP contribution in [0.2, 0.25) is 5.02 Å². The number of carbonyl (C=O) groups excluding carboxylic acids is 1. The predicted octanol–water partition coefficient (Wildman–Crippen LogP) is 1.56. The lowest BCUT2D eigenvalue weighted by Crippen LogP contribution is -2.47. The van der Waals surface area contributed by atoms with Crippen molar-refractivity contribution >= 4 is 23.5 Å². The van der Waals surface area contributed by atoms with Gasteiger partial charge in [0.1, 0.15) is 11.6 Å².